The third-order valence-corrected chi connectivity index (χ3v) is 8.04. The Kier molecular flexibility index (Phi) is 12.2. The highest BCUT2D eigenvalue weighted by Gasteiger charge is 2.21. The van der Waals surface area contributed by atoms with E-state index in [0.717, 1.165) is 54.5 Å². The number of methoxy groups -OCH3 is 2. The molecule has 0 fully saturated rings. The third kappa shape index (κ3) is 9.05. The predicted octanol–water partition coefficient (Wildman–Crippen LogP) is 6.16. The van der Waals surface area contributed by atoms with Crippen LogP contribution in [-0.2, 0) is 13.1 Å². The van der Waals surface area contributed by atoms with Crippen molar-refractivity contribution in [2.75, 3.05) is 33.9 Å². The van der Waals surface area contributed by atoms with E-state index in [9.17, 15) is 4.79 Å². The first-order valence-corrected chi connectivity index (χ1v) is 14.7. The first-order chi connectivity index (χ1) is 18.9. The highest BCUT2D eigenvalue weighted by Crippen LogP contribution is 2.30. The molecule has 3 aromatic rings. The number of aromatic nitrogens is 1. The highest BCUT2D eigenvalue weighted by atomic mass is 32.1. The lowest BCUT2D eigenvalue weighted by Crippen LogP contribution is -2.34. The van der Waals surface area contributed by atoms with Gasteiger partial charge in [0.15, 0.2) is 0 Å². The van der Waals surface area contributed by atoms with Crippen molar-refractivity contribution in [1.82, 2.24) is 20.1 Å². The number of rotatable bonds is 16. The summed E-state index contributed by atoms with van der Waals surface area (Å²) in [5.41, 5.74) is 2.77. The normalized spacial score (nSPS) is 12.9. The number of thiazole rings is 1. The monoisotopic (exact) mass is 552 g/mol. The number of benzene rings is 2. The zero-order valence-electron chi connectivity index (χ0n) is 24.3. The van der Waals surface area contributed by atoms with Gasteiger partial charge in [0, 0.05) is 35.6 Å². The third-order valence-electron chi connectivity index (χ3n) is 7.20. The van der Waals surface area contributed by atoms with Crippen LogP contribution in [0.25, 0.3) is 0 Å². The van der Waals surface area contributed by atoms with Crippen molar-refractivity contribution >= 4 is 17.2 Å². The molecule has 39 heavy (non-hydrogen) atoms. The second kappa shape index (κ2) is 15.6. The van der Waals surface area contributed by atoms with E-state index in [4.69, 9.17) is 14.5 Å². The van der Waals surface area contributed by atoms with Gasteiger partial charge < -0.3 is 19.7 Å². The zero-order valence-corrected chi connectivity index (χ0v) is 25.1. The van der Waals surface area contributed by atoms with Gasteiger partial charge in [-0.05, 0) is 58.0 Å². The van der Waals surface area contributed by atoms with Crippen LogP contribution in [0.4, 0.5) is 0 Å². The first kappa shape index (κ1) is 30.6. The summed E-state index contributed by atoms with van der Waals surface area (Å²) in [7, 11) is 3.33. The molecule has 0 aliphatic heterocycles. The molecule has 1 N–H and O–H groups in total. The van der Waals surface area contributed by atoms with Gasteiger partial charge in [-0.1, -0.05) is 50.2 Å². The number of carbonyl (C=O) groups is 1. The minimum absolute atomic E-state index is 0.104. The lowest BCUT2D eigenvalue weighted by molar-refractivity contribution is 0.0932. The van der Waals surface area contributed by atoms with E-state index < -0.39 is 0 Å². The fourth-order valence-electron chi connectivity index (χ4n) is 4.67. The van der Waals surface area contributed by atoms with E-state index in [-0.39, 0.29) is 18.0 Å². The predicted molar refractivity (Wildman–Crippen MR) is 160 cm³/mol. The molecule has 0 saturated heterocycles. The van der Waals surface area contributed by atoms with Gasteiger partial charge in [-0.2, -0.15) is 0 Å². The quantitative estimate of drug-likeness (QED) is 0.229. The summed E-state index contributed by atoms with van der Waals surface area (Å²) >= 11 is 1.53. The van der Waals surface area contributed by atoms with Crippen LogP contribution >= 0.6 is 11.3 Å². The summed E-state index contributed by atoms with van der Waals surface area (Å²) in [6.45, 7) is 13.1. The van der Waals surface area contributed by atoms with E-state index in [1.54, 1.807) is 14.2 Å². The highest BCUT2D eigenvalue weighted by molar-refractivity contribution is 7.09. The maximum atomic E-state index is 12.9. The zero-order chi connectivity index (χ0) is 28.2. The van der Waals surface area contributed by atoms with Gasteiger partial charge in [-0.3, -0.25) is 9.69 Å². The van der Waals surface area contributed by atoms with Crippen LogP contribution in [0.2, 0.25) is 0 Å². The second-order valence-corrected chi connectivity index (χ2v) is 10.8. The fourth-order valence-corrected chi connectivity index (χ4v) is 5.46. The molecule has 0 bridgehead atoms. The molecule has 0 aliphatic rings. The van der Waals surface area contributed by atoms with Crippen molar-refractivity contribution in [2.24, 2.45) is 0 Å². The number of hydrogen-bond donors (Lipinski definition) is 1. The van der Waals surface area contributed by atoms with E-state index in [0.29, 0.717) is 18.8 Å². The minimum atomic E-state index is -0.104. The van der Waals surface area contributed by atoms with Crippen LogP contribution in [0.3, 0.4) is 0 Å². The Morgan fingerprint density at radius 3 is 2.44 bits per heavy atom. The van der Waals surface area contributed by atoms with Crippen LogP contribution in [0, 0.1) is 0 Å². The number of hydrogen-bond acceptors (Lipinski definition) is 7. The van der Waals surface area contributed by atoms with E-state index >= 15 is 0 Å². The van der Waals surface area contributed by atoms with Crippen LogP contribution in [-0.4, -0.2) is 60.6 Å². The Hall–Kier alpha value is -2.94. The Balaban J connectivity index is 1.70. The van der Waals surface area contributed by atoms with Crippen molar-refractivity contribution in [3.05, 3.63) is 75.7 Å². The molecule has 7 nitrogen and oxygen atoms in total. The summed E-state index contributed by atoms with van der Waals surface area (Å²) in [5.74, 6) is 1.44. The number of amides is 1. The Bertz CT molecular complexity index is 1150. The van der Waals surface area contributed by atoms with Crippen molar-refractivity contribution in [3.8, 4) is 11.5 Å². The van der Waals surface area contributed by atoms with Gasteiger partial charge in [0.2, 0.25) is 0 Å². The van der Waals surface area contributed by atoms with E-state index in [1.165, 1.54) is 16.9 Å². The SMILES string of the molecule is CCN(CC)CCCC(C)NC(=O)c1csc(CN(Cc2ccc(OC)cc2OC)C(C)c2ccccc2)n1. The number of nitrogens with one attached hydrogen (secondary N) is 1. The molecule has 0 saturated carbocycles. The maximum Gasteiger partial charge on any atom is 0.270 e. The molecule has 212 valence electrons. The molecule has 3 rings (SSSR count). The fraction of sp³-hybridized carbons (Fsp3) is 0.484. The van der Waals surface area contributed by atoms with E-state index in [2.05, 4.69) is 67.1 Å². The number of nitrogens with zero attached hydrogens (tertiary/aromatic N) is 3. The summed E-state index contributed by atoms with van der Waals surface area (Å²) in [5, 5.41) is 5.91. The van der Waals surface area contributed by atoms with Gasteiger partial charge in [-0.15, -0.1) is 11.3 Å². The van der Waals surface area contributed by atoms with Gasteiger partial charge in [0.05, 0.1) is 20.8 Å². The van der Waals surface area contributed by atoms with Crippen molar-refractivity contribution in [2.45, 2.75) is 65.7 Å². The number of ether oxygens (including phenoxy) is 2. The largest absolute Gasteiger partial charge is 0.497 e. The molecule has 2 unspecified atom stereocenters. The standard InChI is InChI=1S/C31H44N4O3S/c1-7-34(8-2)18-12-13-23(3)32-31(36)28-22-39-30(33-28)21-35(24(4)25-14-10-9-11-15-25)20-26-16-17-27(37-5)19-29(26)38-6/h9-11,14-17,19,22-24H,7-8,12-13,18,20-21H2,1-6H3,(H,32,36). The van der Waals surface area contributed by atoms with Crippen LogP contribution in [0.5, 0.6) is 11.5 Å². The minimum Gasteiger partial charge on any atom is -0.497 e. The average molecular weight is 553 g/mol. The Morgan fingerprint density at radius 2 is 1.77 bits per heavy atom. The van der Waals surface area contributed by atoms with Crippen LogP contribution in [0.15, 0.2) is 53.9 Å². The molecule has 0 spiro atoms. The average Bonchev–Trinajstić information content (AvgIpc) is 3.44. The van der Waals surface area contributed by atoms with Gasteiger partial charge in [-0.25, -0.2) is 4.98 Å². The Labute approximate surface area is 238 Å². The summed E-state index contributed by atoms with van der Waals surface area (Å²) in [6, 6.07) is 16.6. The maximum absolute atomic E-state index is 12.9. The molecule has 0 radical (unpaired) electrons. The first-order valence-electron chi connectivity index (χ1n) is 13.9. The second-order valence-electron chi connectivity index (χ2n) is 9.84. The molecular formula is C31H44N4O3S. The summed E-state index contributed by atoms with van der Waals surface area (Å²) < 4.78 is 11.1. The topological polar surface area (TPSA) is 66.9 Å². The molecule has 2 atom stereocenters. The molecule has 1 amide bonds. The molecular weight excluding hydrogens is 508 g/mol. The van der Waals surface area contributed by atoms with Gasteiger partial charge >= 0.3 is 0 Å². The molecule has 0 aliphatic carbocycles. The number of carbonyl (C=O) groups excluding carboxylic acids is 1. The molecule has 1 aromatic heterocycles. The van der Waals surface area contributed by atoms with E-state index in [1.807, 2.05) is 29.6 Å². The lowest BCUT2D eigenvalue weighted by Gasteiger charge is -2.29. The summed E-state index contributed by atoms with van der Waals surface area (Å²) in [6.07, 6.45) is 2.01. The van der Waals surface area contributed by atoms with Crippen LogP contribution < -0.4 is 14.8 Å². The van der Waals surface area contributed by atoms with Gasteiger partial charge in [0.25, 0.3) is 5.91 Å². The van der Waals surface area contributed by atoms with Crippen molar-refractivity contribution in [3.63, 3.8) is 0 Å². The molecule has 8 heteroatoms. The lowest BCUT2D eigenvalue weighted by atomic mass is 10.1. The molecule has 2 aromatic carbocycles. The smallest absolute Gasteiger partial charge is 0.270 e. The summed E-state index contributed by atoms with van der Waals surface area (Å²) in [4.78, 5) is 22.4. The molecule has 1 heterocycles. The van der Waals surface area contributed by atoms with Crippen LogP contribution in [0.1, 0.15) is 73.2 Å². The van der Waals surface area contributed by atoms with Crippen molar-refractivity contribution < 1.29 is 14.3 Å². The van der Waals surface area contributed by atoms with Gasteiger partial charge in [0.1, 0.15) is 22.2 Å². The van der Waals surface area contributed by atoms with Crippen molar-refractivity contribution in [1.29, 1.82) is 0 Å². The Morgan fingerprint density at radius 1 is 1.03 bits per heavy atom.